The van der Waals surface area contributed by atoms with Gasteiger partial charge >= 0.3 is 0 Å². The maximum Gasteiger partial charge on any atom is 0.253 e. The second-order valence-electron chi connectivity index (χ2n) is 12.2. The van der Waals surface area contributed by atoms with E-state index in [9.17, 15) is 28.3 Å². The van der Waals surface area contributed by atoms with Crippen molar-refractivity contribution in [3.05, 3.63) is 70.3 Å². The van der Waals surface area contributed by atoms with Gasteiger partial charge < -0.3 is 14.9 Å². The fourth-order valence-corrected chi connectivity index (χ4v) is 6.04. The zero-order valence-corrected chi connectivity index (χ0v) is 25.7. The highest BCUT2D eigenvalue weighted by Gasteiger charge is 2.38. The van der Waals surface area contributed by atoms with Gasteiger partial charge in [-0.1, -0.05) is 27.7 Å². The van der Waals surface area contributed by atoms with Gasteiger partial charge in [-0.3, -0.25) is 14.4 Å². The summed E-state index contributed by atoms with van der Waals surface area (Å²) in [5.41, 5.74) is 1.83. The van der Waals surface area contributed by atoms with Crippen LogP contribution in [-0.4, -0.2) is 64.8 Å². The molecule has 1 aliphatic heterocycles. The molecule has 1 heterocycles. The summed E-state index contributed by atoms with van der Waals surface area (Å²) in [4.78, 5) is 43.9. The number of carbonyl (C=O) groups excluding carboxylic acids is 3. The summed E-state index contributed by atoms with van der Waals surface area (Å²) >= 11 is 0. The first kappa shape index (κ1) is 33.4. The van der Waals surface area contributed by atoms with Crippen LogP contribution in [0.2, 0.25) is 0 Å². The Bertz CT molecular complexity index is 1220. The van der Waals surface area contributed by atoms with E-state index in [1.807, 2.05) is 34.6 Å². The summed E-state index contributed by atoms with van der Waals surface area (Å²) in [6.45, 7) is 12.3. The third-order valence-electron chi connectivity index (χ3n) is 7.84. The second-order valence-corrected chi connectivity index (χ2v) is 12.2. The minimum atomic E-state index is -1.18. The standard InChI is InChI=1S/C34H46F2N2O4/c1-6-10-37(11-7-2)33(41)27-14-23(5)13-25(18-27)31(39)19-26(15-24-16-28(35)20-29(36)17-24)32(40)30-9-8-12-38(34(30)42)21-22(3)4/h13-14,16-18,20,22,26,30,32,40H,6-12,15,19,21H2,1-5H3/t26?,30?,32-/m0/s1. The van der Waals surface area contributed by atoms with Crippen LogP contribution in [0.25, 0.3) is 0 Å². The zero-order chi connectivity index (χ0) is 31.0. The predicted octanol–water partition coefficient (Wildman–Crippen LogP) is 6.22. The first-order valence-corrected chi connectivity index (χ1v) is 15.3. The molecule has 3 atom stereocenters. The number of aliphatic hydroxyl groups is 1. The van der Waals surface area contributed by atoms with Gasteiger partial charge in [0.2, 0.25) is 5.91 Å². The lowest BCUT2D eigenvalue weighted by Crippen LogP contribution is -2.49. The monoisotopic (exact) mass is 584 g/mol. The fourth-order valence-electron chi connectivity index (χ4n) is 6.04. The molecule has 6 nitrogen and oxygen atoms in total. The third-order valence-corrected chi connectivity index (χ3v) is 7.84. The molecule has 1 aliphatic rings. The van der Waals surface area contributed by atoms with E-state index in [1.165, 1.54) is 12.1 Å². The van der Waals surface area contributed by atoms with Gasteiger partial charge in [-0.25, -0.2) is 8.78 Å². The highest BCUT2D eigenvalue weighted by molar-refractivity contribution is 6.01. The van der Waals surface area contributed by atoms with E-state index in [-0.39, 0.29) is 36.4 Å². The molecule has 8 heteroatoms. The largest absolute Gasteiger partial charge is 0.392 e. The number of benzene rings is 2. The number of amides is 2. The Morgan fingerprint density at radius 1 is 1.00 bits per heavy atom. The number of rotatable bonds is 14. The molecule has 1 fully saturated rings. The van der Waals surface area contributed by atoms with Crippen molar-refractivity contribution in [2.75, 3.05) is 26.2 Å². The topological polar surface area (TPSA) is 77.9 Å². The van der Waals surface area contributed by atoms with Crippen molar-refractivity contribution in [2.24, 2.45) is 17.8 Å². The molecule has 0 spiro atoms. The number of aliphatic hydroxyl groups excluding tert-OH is 1. The second kappa shape index (κ2) is 15.4. The van der Waals surface area contributed by atoms with Crippen LogP contribution in [-0.2, 0) is 11.2 Å². The number of aryl methyl sites for hydroxylation is 1. The Labute approximate surface area is 249 Å². The number of hydrogen-bond donors (Lipinski definition) is 1. The van der Waals surface area contributed by atoms with Gasteiger partial charge in [0.25, 0.3) is 5.91 Å². The lowest BCUT2D eigenvalue weighted by atomic mass is 9.78. The van der Waals surface area contributed by atoms with E-state index in [0.717, 1.165) is 30.9 Å². The molecule has 2 unspecified atom stereocenters. The maximum atomic E-state index is 14.1. The van der Waals surface area contributed by atoms with Crippen LogP contribution in [0.1, 0.15) is 91.6 Å². The lowest BCUT2D eigenvalue weighted by Gasteiger charge is -2.37. The molecule has 3 rings (SSSR count). The smallest absolute Gasteiger partial charge is 0.253 e. The minimum absolute atomic E-state index is 0.0218. The number of Topliss-reactive ketones (excluding diaryl/α,β-unsaturated/α-hetero) is 1. The van der Waals surface area contributed by atoms with Crippen molar-refractivity contribution in [1.82, 2.24) is 9.80 Å². The molecule has 42 heavy (non-hydrogen) atoms. The maximum absolute atomic E-state index is 14.1. The van der Waals surface area contributed by atoms with Crippen molar-refractivity contribution >= 4 is 17.6 Å². The first-order valence-electron chi connectivity index (χ1n) is 15.3. The van der Waals surface area contributed by atoms with Crippen molar-refractivity contribution in [3.8, 4) is 0 Å². The summed E-state index contributed by atoms with van der Waals surface area (Å²) in [6.07, 6.45) is 1.54. The van der Waals surface area contributed by atoms with Crippen molar-refractivity contribution in [1.29, 1.82) is 0 Å². The normalized spacial score (nSPS) is 16.9. The van der Waals surface area contributed by atoms with E-state index < -0.39 is 29.6 Å². The van der Waals surface area contributed by atoms with Gasteiger partial charge in [-0.05, 0) is 92.3 Å². The van der Waals surface area contributed by atoms with Crippen LogP contribution in [0.3, 0.4) is 0 Å². The highest BCUT2D eigenvalue weighted by Crippen LogP contribution is 2.31. The van der Waals surface area contributed by atoms with Crippen LogP contribution in [0.5, 0.6) is 0 Å². The SMILES string of the molecule is CCCN(CCC)C(=O)c1cc(C)cc(C(=O)CC(Cc2cc(F)cc(F)c2)[C@H](O)C2CCCN(CC(C)C)C2=O)c1. The number of hydrogen-bond acceptors (Lipinski definition) is 4. The van der Waals surface area contributed by atoms with Crippen LogP contribution in [0, 0.1) is 36.3 Å². The number of carbonyl (C=O) groups is 3. The lowest BCUT2D eigenvalue weighted by molar-refractivity contribution is -0.145. The molecule has 0 aliphatic carbocycles. The molecular weight excluding hydrogens is 538 g/mol. The summed E-state index contributed by atoms with van der Waals surface area (Å²) in [5.74, 6) is -3.28. The minimum Gasteiger partial charge on any atom is -0.392 e. The van der Waals surface area contributed by atoms with Crippen LogP contribution < -0.4 is 0 Å². The van der Waals surface area contributed by atoms with Crippen LogP contribution in [0.15, 0.2) is 36.4 Å². The summed E-state index contributed by atoms with van der Waals surface area (Å²) < 4.78 is 28.1. The summed E-state index contributed by atoms with van der Waals surface area (Å²) in [6, 6.07) is 8.24. The predicted molar refractivity (Wildman–Crippen MR) is 160 cm³/mol. The Kier molecular flexibility index (Phi) is 12.2. The number of ketones is 1. The molecule has 0 bridgehead atoms. The Balaban J connectivity index is 1.92. The molecule has 0 saturated carbocycles. The summed E-state index contributed by atoms with van der Waals surface area (Å²) in [5, 5.41) is 11.6. The van der Waals surface area contributed by atoms with E-state index >= 15 is 0 Å². The number of likely N-dealkylation sites (tertiary alicyclic amines) is 1. The zero-order valence-electron chi connectivity index (χ0n) is 25.7. The van der Waals surface area contributed by atoms with Crippen molar-refractivity contribution in [3.63, 3.8) is 0 Å². The quantitative estimate of drug-likeness (QED) is 0.268. The average Bonchev–Trinajstić information content (AvgIpc) is 2.91. The van der Waals surface area contributed by atoms with Crippen molar-refractivity contribution in [2.45, 2.75) is 79.2 Å². The number of nitrogens with zero attached hydrogens (tertiary/aromatic N) is 2. The molecule has 2 amide bonds. The van der Waals surface area contributed by atoms with E-state index in [2.05, 4.69) is 0 Å². The van der Waals surface area contributed by atoms with Crippen LogP contribution >= 0.6 is 0 Å². The van der Waals surface area contributed by atoms with Gasteiger partial charge in [-0.15, -0.1) is 0 Å². The van der Waals surface area contributed by atoms with Gasteiger partial charge in [0.15, 0.2) is 5.78 Å². The molecular formula is C34H46F2N2O4. The molecule has 2 aromatic rings. The molecule has 230 valence electrons. The van der Waals surface area contributed by atoms with E-state index in [1.54, 1.807) is 28.0 Å². The van der Waals surface area contributed by atoms with E-state index in [0.29, 0.717) is 49.3 Å². The first-order chi connectivity index (χ1) is 19.9. The Morgan fingerprint density at radius 3 is 2.21 bits per heavy atom. The molecule has 1 N–H and O–H groups in total. The fraction of sp³-hybridized carbons (Fsp3) is 0.559. The molecule has 2 aromatic carbocycles. The molecule has 0 radical (unpaired) electrons. The molecule has 0 aromatic heterocycles. The summed E-state index contributed by atoms with van der Waals surface area (Å²) in [7, 11) is 0. The van der Waals surface area contributed by atoms with Gasteiger partial charge in [-0.2, -0.15) is 0 Å². The van der Waals surface area contributed by atoms with Crippen molar-refractivity contribution < 1.29 is 28.3 Å². The highest BCUT2D eigenvalue weighted by atomic mass is 19.1. The average molecular weight is 585 g/mol. The van der Waals surface area contributed by atoms with E-state index in [4.69, 9.17) is 0 Å². The van der Waals surface area contributed by atoms with Gasteiger partial charge in [0.05, 0.1) is 12.0 Å². The Morgan fingerprint density at radius 2 is 1.62 bits per heavy atom. The van der Waals surface area contributed by atoms with Crippen LogP contribution in [0.4, 0.5) is 8.78 Å². The third kappa shape index (κ3) is 8.93. The number of halogens is 2. The molecule has 1 saturated heterocycles. The number of piperidine rings is 1. The van der Waals surface area contributed by atoms with Gasteiger partial charge in [0.1, 0.15) is 11.6 Å². The van der Waals surface area contributed by atoms with Gasteiger partial charge in [0, 0.05) is 49.8 Å². The Hall–Kier alpha value is -3.13.